The molecule has 0 bridgehead atoms. The van der Waals surface area contributed by atoms with E-state index in [4.69, 9.17) is 11.6 Å². The third kappa shape index (κ3) is 4.47. The highest BCUT2D eigenvalue weighted by molar-refractivity contribution is 7.89. The van der Waals surface area contributed by atoms with Gasteiger partial charge in [-0.15, -0.1) is 0 Å². The van der Waals surface area contributed by atoms with Crippen LogP contribution in [0.1, 0.15) is 5.56 Å². The minimum absolute atomic E-state index is 0.0306. The van der Waals surface area contributed by atoms with E-state index in [9.17, 15) is 13.5 Å². The van der Waals surface area contributed by atoms with Crippen molar-refractivity contribution >= 4 is 21.6 Å². The molecule has 8 heteroatoms. The standard InChI is InChI=1S/C13H14ClN3O3S/c14-13-15-7-12(8-16-13)21(19,20)17-11(9-18)6-10-4-2-1-3-5-10/h1-5,7-8,11,17-18H,6,9H2/t11-/m1/s1. The van der Waals surface area contributed by atoms with E-state index in [1.807, 2.05) is 30.3 Å². The molecule has 21 heavy (non-hydrogen) atoms. The van der Waals surface area contributed by atoms with E-state index in [-0.39, 0.29) is 16.8 Å². The molecule has 1 aromatic heterocycles. The van der Waals surface area contributed by atoms with Crippen molar-refractivity contribution in [2.45, 2.75) is 17.4 Å². The lowest BCUT2D eigenvalue weighted by Crippen LogP contribution is -2.39. The molecule has 0 aliphatic heterocycles. The Kier molecular flexibility index (Phi) is 5.24. The minimum atomic E-state index is -3.80. The lowest BCUT2D eigenvalue weighted by molar-refractivity contribution is 0.256. The lowest BCUT2D eigenvalue weighted by Gasteiger charge is -2.16. The Morgan fingerprint density at radius 2 is 1.81 bits per heavy atom. The number of halogens is 1. The van der Waals surface area contributed by atoms with E-state index in [1.54, 1.807) is 0 Å². The first-order valence-corrected chi connectivity index (χ1v) is 8.02. The molecule has 1 aromatic carbocycles. The molecule has 0 aliphatic rings. The first-order valence-electron chi connectivity index (χ1n) is 6.16. The summed E-state index contributed by atoms with van der Waals surface area (Å²) < 4.78 is 26.7. The Bertz CT molecular complexity index is 678. The van der Waals surface area contributed by atoms with Gasteiger partial charge in [0.2, 0.25) is 15.3 Å². The summed E-state index contributed by atoms with van der Waals surface area (Å²) in [5.41, 5.74) is 0.923. The summed E-state index contributed by atoms with van der Waals surface area (Å²) in [6.45, 7) is -0.317. The zero-order valence-electron chi connectivity index (χ0n) is 11.0. The summed E-state index contributed by atoms with van der Waals surface area (Å²) in [7, 11) is -3.80. The summed E-state index contributed by atoms with van der Waals surface area (Å²) in [5.74, 6) is 0. The molecule has 0 unspecified atom stereocenters. The predicted octanol–water partition coefficient (Wildman–Crippen LogP) is 1.01. The normalized spacial score (nSPS) is 13.0. The van der Waals surface area contributed by atoms with Gasteiger partial charge >= 0.3 is 0 Å². The molecule has 0 saturated carbocycles. The van der Waals surface area contributed by atoms with E-state index in [0.717, 1.165) is 18.0 Å². The van der Waals surface area contributed by atoms with Crippen LogP contribution < -0.4 is 4.72 Å². The van der Waals surface area contributed by atoms with Crippen molar-refractivity contribution in [1.82, 2.24) is 14.7 Å². The lowest BCUT2D eigenvalue weighted by atomic mass is 10.1. The number of hydrogen-bond acceptors (Lipinski definition) is 5. The van der Waals surface area contributed by atoms with Crippen LogP contribution in [0.2, 0.25) is 5.28 Å². The van der Waals surface area contributed by atoms with Crippen molar-refractivity contribution < 1.29 is 13.5 Å². The minimum Gasteiger partial charge on any atom is -0.395 e. The smallest absolute Gasteiger partial charge is 0.243 e. The van der Waals surface area contributed by atoms with Gasteiger partial charge in [-0.3, -0.25) is 0 Å². The van der Waals surface area contributed by atoms with Crippen molar-refractivity contribution in [1.29, 1.82) is 0 Å². The number of aromatic nitrogens is 2. The number of benzene rings is 1. The Morgan fingerprint density at radius 1 is 1.19 bits per heavy atom. The van der Waals surface area contributed by atoms with Gasteiger partial charge < -0.3 is 5.11 Å². The molecular weight excluding hydrogens is 314 g/mol. The molecule has 2 aromatic rings. The molecule has 2 rings (SSSR count). The number of hydrogen-bond donors (Lipinski definition) is 2. The average molecular weight is 328 g/mol. The second-order valence-corrected chi connectivity index (χ2v) is 6.43. The molecular formula is C13H14ClN3O3S. The molecule has 6 nitrogen and oxygen atoms in total. The van der Waals surface area contributed by atoms with E-state index in [0.29, 0.717) is 6.42 Å². The first-order chi connectivity index (χ1) is 10.0. The van der Waals surface area contributed by atoms with Crippen LogP contribution >= 0.6 is 11.6 Å². The molecule has 1 heterocycles. The Labute approximate surface area is 127 Å². The predicted molar refractivity (Wildman–Crippen MR) is 78.4 cm³/mol. The highest BCUT2D eigenvalue weighted by Gasteiger charge is 2.20. The number of nitrogens with one attached hydrogen (secondary N) is 1. The molecule has 1 atom stereocenters. The topological polar surface area (TPSA) is 92.2 Å². The van der Waals surface area contributed by atoms with E-state index < -0.39 is 16.1 Å². The fraction of sp³-hybridized carbons (Fsp3) is 0.231. The average Bonchev–Trinajstić information content (AvgIpc) is 2.48. The molecule has 0 fully saturated rings. The molecule has 0 amide bonds. The zero-order chi connectivity index (χ0) is 15.3. The van der Waals surface area contributed by atoms with Gasteiger partial charge in [0.25, 0.3) is 0 Å². The number of aliphatic hydroxyl groups is 1. The number of sulfonamides is 1. The van der Waals surface area contributed by atoms with Crippen LogP contribution in [-0.2, 0) is 16.4 Å². The van der Waals surface area contributed by atoms with Crippen molar-refractivity contribution in [2.75, 3.05) is 6.61 Å². The van der Waals surface area contributed by atoms with Gasteiger partial charge in [0.15, 0.2) is 0 Å². The second kappa shape index (κ2) is 6.95. The summed E-state index contributed by atoms with van der Waals surface area (Å²) in [6.07, 6.45) is 2.62. The second-order valence-electron chi connectivity index (χ2n) is 4.38. The molecule has 0 radical (unpaired) electrons. The summed E-state index contributed by atoms with van der Waals surface area (Å²) in [5, 5.41) is 9.33. The number of nitrogens with zero attached hydrogens (tertiary/aromatic N) is 2. The Hall–Kier alpha value is -1.54. The molecule has 0 spiro atoms. The summed E-state index contributed by atoms with van der Waals surface area (Å²) in [4.78, 5) is 7.17. The van der Waals surface area contributed by atoms with Crippen LogP contribution in [-0.4, -0.2) is 36.1 Å². The summed E-state index contributed by atoms with van der Waals surface area (Å²) in [6, 6.07) is 8.67. The maximum Gasteiger partial charge on any atom is 0.243 e. The van der Waals surface area contributed by atoms with Crippen LogP contribution in [0.3, 0.4) is 0 Å². The Balaban J connectivity index is 2.12. The van der Waals surface area contributed by atoms with Gasteiger partial charge in [0, 0.05) is 6.04 Å². The number of aliphatic hydroxyl groups excluding tert-OH is 1. The highest BCUT2D eigenvalue weighted by Crippen LogP contribution is 2.10. The van der Waals surface area contributed by atoms with Gasteiger partial charge in [-0.05, 0) is 23.6 Å². The van der Waals surface area contributed by atoms with Crippen molar-refractivity contribution in [3.63, 3.8) is 0 Å². The maximum atomic E-state index is 12.2. The van der Waals surface area contributed by atoms with Gasteiger partial charge in [0.1, 0.15) is 4.90 Å². The molecule has 112 valence electrons. The largest absolute Gasteiger partial charge is 0.395 e. The third-order valence-electron chi connectivity index (χ3n) is 2.77. The SMILES string of the molecule is O=S(=O)(N[C@@H](CO)Cc1ccccc1)c1cnc(Cl)nc1. The van der Waals surface area contributed by atoms with Crippen LogP contribution in [0.25, 0.3) is 0 Å². The van der Waals surface area contributed by atoms with Crippen LogP contribution in [0.4, 0.5) is 0 Å². The molecule has 2 N–H and O–H groups in total. The zero-order valence-corrected chi connectivity index (χ0v) is 12.5. The maximum absolute atomic E-state index is 12.2. The van der Waals surface area contributed by atoms with Gasteiger partial charge in [0.05, 0.1) is 19.0 Å². The van der Waals surface area contributed by atoms with Crippen LogP contribution in [0.5, 0.6) is 0 Å². The Morgan fingerprint density at radius 3 is 2.38 bits per heavy atom. The molecule has 0 saturated heterocycles. The fourth-order valence-electron chi connectivity index (χ4n) is 1.77. The highest BCUT2D eigenvalue weighted by atomic mass is 35.5. The van der Waals surface area contributed by atoms with E-state index >= 15 is 0 Å². The van der Waals surface area contributed by atoms with Crippen LogP contribution in [0.15, 0.2) is 47.6 Å². The van der Waals surface area contributed by atoms with Crippen molar-refractivity contribution in [3.05, 3.63) is 53.6 Å². The van der Waals surface area contributed by atoms with Gasteiger partial charge in [-0.25, -0.2) is 23.1 Å². The van der Waals surface area contributed by atoms with E-state index in [2.05, 4.69) is 14.7 Å². The van der Waals surface area contributed by atoms with E-state index in [1.165, 1.54) is 0 Å². The van der Waals surface area contributed by atoms with Crippen LogP contribution in [0, 0.1) is 0 Å². The monoisotopic (exact) mass is 327 g/mol. The molecule has 0 aliphatic carbocycles. The number of rotatable bonds is 6. The van der Waals surface area contributed by atoms with Crippen molar-refractivity contribution in [3.8, 4) is 0 Å². The quantitative estimate of drug-likeness (QED) is 0.773. The van der Waals surface area contributed by atoms with Crippen molar-refractivity contribution in [2.24, 2.45) is 0 Å². The first kappa shape index (κ1) is 15.8. The summed E-state index contributed by atoms with van der Waals surface area (Å²) >= 11 is 5.52. The van der Waals surface area contributed by atoms with Gasteiger partial charge in [-0.2, -0.15) is 0 Å². The fourth-order valence-corrected chi connectivity index (χ4v) is 2.98. The third-order valence-corrected chi connectivity index (χ3v) is 4.44. The van der Waals surface area contributed by atoms with Gasteiger partial charge in [-0.1, -0.05) is 30.3 Å².